The van der Waals surface area contributed by atoms with Crippen molar-refractivity contribution < 1.29 is 18.7 Å². The molecule has 1 aromatic carbocycles. The molecule has 0 radical (unpaired) electrons. The monoisotopic (exact) mass is 281 g/mol. The number of ether oxygens (including phenoxy) is 2. The fourth-order valence-electron chi connectivity index (χ4n) is 2.10. The molecule has 0 N–H and O–H groups in total. The maximum atomic E-state index is 13.0. The minimum atomic E-state index is -0.539. The number of rotatable bonds is 1. The lowest BCUT2D eigenvalue weighted by molar-refractivity contribution is -0.0331. The van der Waals surface area contributed by atoms with Gasteiger partial charge in [-0.15, -0.1) is 0 Å². The van der Waals surface area contributed by atoms with Gasteiger partial charge in [-0.3, -0.25) is 4.90 Å². The molecule has 0 bridgehead atoms. The summed E-state index contributed by atoms with van der Waals surface area (Å²) in [6, 6.07) is 5.88. The van der Waals surface area contributed by atoms with E-state index in [1.54, 1.807) is 17.0 Å². The Labute approximate surface area is 118 Å². The SMILES string of the molecule is CC(C)(C)OC(=O)N1CCOCC1c1ccc(F)cc1. The van der Waals surface area contributed by atoms with Crippen molar-refractivity contribution in [2.45, 2.75) is 32.4 Å². The number of carbonyl (C=O) groups is 1. The molecule has 1 unspecified atom stereocenters. The van der Waals surface area contributed by atoms with Crippen LogP contribution < -0.4 is 0 Å². The molecule has 1 aromatic rings. The Morgan fingerprint density at radius 1 is 1.35 bits per heavy atom. The predicted molar refractivity (Wildman–Crippen MR) is 72.9 cm³/mol. The lowest BCUT2D eigenvalue weighted by Crippen LogP contribution is -2.45. The number of morpholine rings is 1. The zero-order valence-corrected chi connectivity index (χ0v) is 12.1. The second kappa shape index (κ2) is 5.79. The largest absolute Gasteiger partial charge is 0.444 e. The van der Waals surface area contributed by atoms with E-state index in [0.717, 1.165) is 5.56 Å². The summed E-state index contributed by atoms with van der Waals surface area (Å²) in [5.74, 6) is -0.297. The van der Waals surface area contributed by atoms with Crippen LogP contribution in [0.3, 0.4) is 0 Å². The van der Waals surface area contributed by atoms with E-state index in [9.17, 15) is 9.18 Å². The molecule has 1 aliphatic rings. The molecule has 1 saturated heterocycles. The summed E-state index contributed by atoms with van der Waals surface area (Å²) in [7, 11) is 0. The van der Waals surface area contributed by atoms with Gasteiger partial charge in [0.05, 0.1) is 19.3 Å². The Bertz CT molecular complexity index is 467. The molecule has 110 valence electrons. The van der Waals surface area contributed by atoms with E-state index >= 15 is 0 Å². The average molecular weight is 281 g/mol. The fraction of sp³-hybridized carbons (Fsp3) is 0.533. The molecule has 5 heteroatoms. The maximum Gasteiger partial charge on any atom is 0.410 e. The van der Waals surface area contributed by atoms with Gasteiger partial charge in [0.15, 0.2) is 0 Å². The first-order valence-electron chi connectivity index (χ1n) is 6.70. The van der Waals surface area contributed by atoms with Crippen LogP contribution in [-0.2, 0) is 9.47 Å². The molecule has 0 aromatic heterocycles. The highest BCUT2D eigenvalue weighted by molar-refractivity contribution is 5.69. The fourth-order valence-corrected chi connectivity index (χ4v) is 2.10. The zero-order valence-electron chi connectivity index (χ0n) is 12.1. The first kappa shape index (κ1) is 14.8. The molecule has 1 heterocycles. The quantitative estimate of drug-likeness (QED) is 0.794. The molecular weight excluding hydrogens is 261 g/mol. The number of amides is 1. The number of hydrogen-bond acceptors (Lipinski definition) is 3. The van der Waals surface area contributed by atoms with Gasteiger partial charge >= 0.3 is 6.09 Å². The highest BCUT2D eigenvalue weighted by atomic mass is 19.1. The van der Waals surface area contributed by atoms with Crippen LogP contribution in [0.5, 0.6) is 0 Å². The van der Waals surface area contributed by atoms with Gasteiger partial charge in [0, 0.05) is 6.54 Å². The number of hydrogen-bond donors (Lipinski definition) is 0. The lowest BCUT2D eigenvalue weighted by atomic mass is 10.1. The molecular formula is C15H20FNO3. The van der Waals surface area contributed by atoms with E-state index in [1.165, 1.54) is 12.1 Å². The van der Waals surface area contributed by atoms with Crippen LogP contribution >= 0.6 is 0 Å². The van der Waals surface area contributed by atoms with E-state index in [2.05, 4.69) is 0 Å². The molecule has 1 atom stereocenters. The number of halogens is 1. The van der Waals surface area contributed by atoms with Crippen molar-refractivity contribution in [3.05, 3.63) is 35.6 Å². The van der Waals surface area contributed by atoms with Crippen molar-refractivity contribution >= 4 is 6.09 Å². The van der Waals surface area contributed by atoms with Crippen molar-refractivity contribution in [2.24, 2.45) is 0 Å². The minimum Gasteiger partial charge on any atom is -0.444 e. The van der Waals surface area contributed by atoms with Gasteiger partial charge in [-0.1, -0.05) is 12.1 Å². The number of carbonyl (C=O) groups excluding carboxylic acids is 1. The second-order valence-electron chi connectivity index (χ2n) is 5.82. The van der Waals surface area contributed by atoms with E-state index < -0.39 is 5.60 Å². The van der Waals surface area contributed by atoms with Gasteiger partial charge in [-0.25, -0.2) is 9.18 Å². The standard InChI is InChI=1S/C15H20FNO3/c1-15(2,3)20-14(18)17-8-9-19-10-13(17)11-4-6-12(16)7-5-11/h4-7,13H,8-10H2,1-3H3. The molecule has 0 aliphatic carbocycles. The summed E-state index contributed by atoms with van der Waals surface area (Å²) in [6.45, 7) is 6.84. The Kier molecular flexibility index (Phi) is 4.28. The van der Waals surface area contributed by atoms with Crippen LogP contribution in [0.4, 0.5) is 9.18 Å². The summed E-state index contributed by atoms with van der Waals surface area (Å²) >= 11 is 0. The third-order valence-electron chi connectivity index (χ3n) is 3.01. The molecule has 4 nitrogen and oxygen atoms in total. The third kappa shape index (κ3) is 3.70. The van der Waals surface area contributed by atoms with Gasteiger partial charge in [0.25, 0.3) is 0 Å². The molecule has 20 heavy (non-hydrogen) atoms. The van der Waals surface area contributed by atoms with Gasteiger partial charge in [-0.05, 0) is 38.5 Å². The molecule has 1 fully saturated rings. The van der Waals surface area contributed by atoms with Crippen molar-refractivity contribution in [2.75, 3.05) is 19.8 Å². The van der Waals surface area contributed by atoms with E-state index in [-0.39, 0.29) is 18.0 Å². The number of benzene rings is 1. The molecule has 1 amide bonds. The first-order chi connectivity index (χ1) is 9.37. The normalized spacial score (nSPS) is 19.8. The highest BCUT2D eigenvalue weighted by Crippen LogP contribution is 2.26. The Morgan fingerprint density at radius 2 is 2.00 bits per heavy atom. The van der Waals surface area contributed by atoms with Crippen LogP contribution in [0.1, 0.15) is 32.4 Å². The zero-order chi connectivity index (χ0) is 14.8. The minimum absolute atomic E-state index is 0.237. The van der Waals surface area contributed by atoms with E-state index in [4.69, 9.17) is 9.47 Å². The Morgan fingerprint density at radius 3 is 2.60 bits per heavy atom. The average Bonchev–Trinajstić information content (AvgIpc) is 2.38. The van der Waals surface area contributed by atoms with Gasteiger partial charge in [0.1, 0.15) is 11.4 Å². The van der Waals surface area contributed by atoms with E-state index in [1.807, 2.05) is 20.8 Å². The Hall–Kier alpha value is -1.62. The van der Waals surface area contributed by atoms with Crippen molar-refractivity contribution in [1.29, 1.82) is 0 Å². The van der Waals surface area contributed by atoms with Crippen molar-refractivity contribution in [3.63, 3.8) is 0 Å². The Balaban J connectivity index is 2.16. The molecule has 0 saturated carbocycles. The second-order valence-corrected chi connectivity index (χ2v) is 5.82. The first-order valence-corrected chi connectivity index (χ1v) is 6.70. The summed E-state index contributed by atoms with van der Waals surface area (Å²) in [5, 5.41) is 0. The van der Waals surface area contributed by atoms with Crippen LogP contribution in [-0.4, -0.2) is 36.4 Å². The van der Waals surface area contributed by atoms with E-state index in [0.29, 0.717) is 19.8 Å². The topological polar surface area (TPSA) is 38.8 Å². The van der Waals surface area contributed by atoms with Gasteiger partial charge < -0.3 is 9.47 Å². The van der Waals surface area contributed by atoms with Gasteiger partial charge in [-0.2, -0.15) is 0 Å². The molecule has 0 spiro atoms. The van der Waals surface area contributed by atoms with Crippen LogP contribution in [0.2, 0.25) is 0 Å². The van der Waals surface area contributed by atoms with Crippen molar-refractivity contribution in [3.8, 4) is 0 Å². The smallest absolute Gasteiger partial charge is 0.410 e. The molecule has 2 rings (SSSR count). The predicted octanol–water partition coefficient (Wildman–Crippen LogP) is 3.13. The van der Waals surface area contributed by atoms with Crippen LogP contribution in [0.25, 0.3) is 0 Å². The highest BCUT2D eigenvalue weighted by Gasteiger charge is 2.31. The van der Waals surface area contributed by atoms with Crippen molar-refractivity contribution in [1.82, 2.24) is 4.90 Å². The molecule has 1 aliphatic heterocycles. The lowest BCUT2D eigenvalue weighted by Gasteiger charge is -2.36. The van der Waals surface area contributed by atoms with Crippen LogP contribution in [0, 0.1) is 5.82 Å². The summed E-state index contributed by atoms with van der Waals surface area (Å²) < 4.78 is 23.8. The summed E-state index contributed by atoms with van der Waals surface area (Å²) in [4.78, 5) is 13.9. The summed E-state index contributed by atoms with van der Waals surface area (Å²) in [6.07, 6.45) is -0.366. The van der Waals surface area contributed by atoms with Crippen LogP contribution in [0.15, 0.2) is 24.3 Å². The maximum absolute atomic E-state index is 13.0. The third-order valence-corrected chi connectivity index (χ3v) is 3.01. The van der Waals surface area contributed by atoms with Gasteiger partial charge in [0.2, 0.25) is 0 Å². The summed E-state index contributed by atoms with van der Waals surface area (Å²) in [5.41, 5.74) is 0.305. The number of nitrogens with zero attached hydrogens (tertiary/aromatic N) is 1.